The fourth-order valence-corrected chi connectivity index (χ4v) is 5.11. The zero-order valence-corrected chi connectivity index (χ0v) is 20.6. The fourth-order valence-electron chi connectivity index (χ4n) is 5.11. The number of fused-ring (bicyclic) bond motifs is 1. The van der Waals surface area contributed by atoms with Gasteiger partial charge in [0.15, 0.2) is 0 Å². The molecule has 5 rings (SSSR count). The number of hydrogen-bond acceptors (Lipinski definition) is 5. The van der Waals surface area contributed by atoms with Gasteiger partial charge in [0.25, 0.3) is 5.91 Å². The Morgan fingerprint density at radius 1 is 1.14 bits per heavy atom. The summed E-state index contributed by atoms with van der Waals surface area (Å²) >= 11 is 0. The van der Waals surface area contributed by atoms with E-state index in [9.17, 15) is 9.59 Å². The summed E-state index contributed by atoms with van der Waals surface area (Å²) in [6, 6.07) is 6.21. The molecule has 184 valence electrons. The van der Waals surface area contributed by atoms with E-state index >= 15 is 0 Å². The first-order valence-electron chi connectivity index (χ1n) is 12.5. The van der Waals surface area contributed by atoms with Gasteiger partial charge in [-0.25, -0.2) is 9.97 Å². The number of ether oxygens (including phenoxy) is 1. The van der Waals surface area contributed by atoms with Crippen molar-refractivity contribution in [2.24, 2.45) is 5.92 Å². The van der Waals surface area contributed by atoms with E-state index in [1.165, 1.54) is 19.2 Å². The number of hydrogen-bond donors (Lipinski definition) is 2. The minimum absolute atomic E-state index is 0.00932. The van der Waals surface area contributed by atoms with Crippen LogP contribution in [0.4, 0.5) is 5.69 Å². The van der Waals surface area contributed by atoms with Crippen molar-refractivity contribution in [1.29, 1.82) is 0 Å². The number of aromatic amines is 1. The fraction of sp³-hybridized carbons (Fsp3) is 0.481. The molecule has 0 aliphatic heterocycles. The molecule has 0 saturated heterocycles. The summed E-state index contributed by atoms with van der Waals surface area (Å²) in [5.41, 5.74) is 4.60. The average Bonchev–Trinajstić information content (AvgIpc) is 3.59. The molecule has 0 unspecified atom stereocenters. The monoisotopic (exact) mass is 475 g/mol. The van der Waals surface area contributed by atoms with Gasteiger partial charge >= 0.3 is 0 Å². The number of carbonyl (C=O) groups is 2. The first kappa shape index (κ1) is 23.3. The van der Waals surface area contributed by atoms with Gasteiger partial charge in [-0.05, 0) is 76.0 Å². The Morgan fingerprint density at radius 2 is 1.91 bits per heavy atom. The first-order valence-corrected chi connectivity index (χ1v) is 12.5. The summed E-state index contributed by atoms with van der Waals surface area (Å²) in [6.07, 6.45) is 8.82. The van der Waals surface area contributed by atoms with Gasteiger partial charge in [-0.2, -0.15) is 0 Å². The second kappa shape index (κ2) is 9.68. The van der Waals surface area contributed by atoms with Gasteiger partial charge in [-0.1, -0.05) is 6.07 Å². The molecule has 2 aromatic heterocycles. The van der Waals surface area contributed by atoms with Crippen LogP contribution in [0.2, 0.25) is 0 Å². The van der Waals surface area contributed by atoms with Gasteiger partial charge in [-0.3, -0.25) is 9.59 Å². The third kappa shape index (κ3) is 5.01. The van der Waals surface area contributed by atoms with Crippen LogP contribution in [-0.4, -0.2) is 45.5 Å². The highest BCUT2D eigenvalue weighted by Gasteiger charge is 2.35. The molecule has 2 amide bonds. The largest absolute Gasteiger partial charge is 0.491 e. The summed E-state index contributed by atoms with van der Waals surface area (Å²) in [5.74, 6) is 1.25. The molecular formula is C27H33N5O3. The van der Waals surface area contributed by atoms with Crippen molar-refractivity contribution in [3.8, 4) is 5.75 Å². The van der Waals surface area contributed by atoms with Crippen molar-refractivity contribution in [1.82, 2.24) is 20.3 Å². The Balaban J connectivity index is 1.54. The second-order valence-electron chi connectivity index (χ2n) is 10.0. The molecule has 35 heavy (non-hydrogen) atoms. The third-order valence-corrected chi connectivity index (χ3v) is 7.09. The molecule has 0 bridgehead atoms. The second-order valence-corrected chi connectivity index (χ2v) is 10.0. The standard InChI is InChI=1S/C27H33N5O3/c1-16-4-11-24(35-14-19-5-6-19)23(12-16)32(21-9-7-20(8-10-21)31-18(3)33)27(34)25-17(2)30-22-13-28-15-29-26(22)25/h4,11-13,15,19-21,30H,5-10,14H2,1-3H3,(H,31,33)/t20-,21-. The van der Waals surface area contributed by atoms with Gasteiger partial charge < -0.3 is 19.9 Å². The van der Waals surface area contributed by atoms with E-state index < -0.39 is 0 Å². The molecular weight excluding hydrogens is 442 g/mol. The molecule has 3 aromatic rings. The Bertz CT molecular complexity index is 1240. The van der Waals surface area contributed by atoms with Crippen molar-refractivity contribution in [2.75, 3.05) is 11.5 Å². The molecule has 2 heterocycles. The Morgan fingerprint density at radius 3 is 2.63 bits per heavy atom. The van der Waals surface area contributed by atoms with Gasteiger partial charge in [0.1, 0.15) is 17.6 Å². The first-order chi connectivity index (χ1) is 16.9. The zero-order chi connectivity index (χ0) is 24.5. The lowest BCUT2D eigenvalue weighted by molar-refractivity contribution is -0.119. The van der Waals surface area contributed by atoms with Crippen molar-refractivity contribution in [3.63, 3.8) is 0 Å². The van der Waals surface area contributed by atoms with Crippen molar-refractivity contribution in [3.05, 3.63) is 47.5 Å². The summed E-state index contributed by atoms with van der Waals surface area (Å²) in [4.78, 5) is 39.6. The van der Waals surface area contributed by atoms with Crippen molar-refractivity contribution >= 4 is 28.5 Å². The number of rotatable bonds is 7. The summed E-state index contributed by atoms with van der Waals surface area (Å²) < 4.78 is 6.26. The van der Waals surface area contributed by atoms with Crippen LogP contribution in [0.5, 0.6) is 5.75 Å². The van der Waals surface area contributed by atoms with Crippen LogP contribution in [0, 0.1) is 19.8 Å². The van der Waals surface area contributed by atoms with E-state index in [-0.39, 0.29) is 23.9 Å². The molecule has 0 spiro atoms. The molecule has 2 saturated carbocycles. The highest BCUT2D eigenvalue weighted by atomic mass is 16.5. The predicted octanol–water partition coefficient (Wildman–Crippen LogP) is 4.46. The number of anilines is 1. The Kier molecular flexibility index (Phi) is 6.45. The Hall–Kier alpha value is -3.42. The number of nitrogens with zero attached hydrogens (tertiary/aromatic N) is 3. The smallest absolute Gasteiger partial charge is 0.262 e. The predicted molar refractivity (Wildman–Crippen MR) is 135 cm³/mol. The molecule has 0 atom stereocenters. The van der Waals surface area contributed by atoms with Crippen LogP contribution in [-0.2, 0) is 4.79 Å². The highest BCUT2D eigenvalue weighted by Crippen LogP contribution is 2.38. The number of amides is 2. The number of aromatic nitrogens is 3. The summed E-state index contributed by atoms with van der Waals surface area (Å²) in [5, 5.41) is 3.04. The highest BCUT2D eigenvalue weighted by molar-refractivity contribution is 6.14. The van der Waals surface area contributed by atoms with E-state index in [1.807, 2.05) is 30.9 Å². The lowest BCUT2D eigenvalue weighted by Crippen LogP contribution is -2.46. The number of benzene rings is 1. The molecule has 8 nitrogen and oxygen atoms in total. The maximum absolute atomic E-state index is 14.3. The van der Waals surface area contributed by atoms with Gasteiger partial charge in [0, 0.05) is 24.7 Å². The van der Waals surface area contributed by atoms with Crippen molar-refractivity contribution < 1.29 is 14.3 Å². The summed E-state index contributed by atoms with van der Waals surface area (Å²) in [7, 11) is 0. The van der Waals surface area contributed by atoms with E-state index in [0.29, 0.717) is 23.6 Å². The zero-order valence-electron chi connectivity index (χ0n) is 20.6. The van der Waals surface area contributed by atoms with Crippen LogP contribution in [0.25, 0.3) is 11.0 Å². The maximum Gasteiger partial charge on any atom is 0.262 e. The van der Waals surface area contributed by atoms with Gasteiger partial charge in [0.2, 0.25) is 5.91 Å². The molecule has 2 aliphatic carbocycles. The summed E-state index contributed by atoms with van der Waals surface area (Å²) in [6.45, 7) is 6.17. The minimum atomic E-state index is -0.0858. The van der Waals surface area contributed by atoms with Crippen LogP contribution < -0.4 is 15.0 Å². The SMILES string of the molecule is CC(=O)N[C@H]1CC[C@H](N(C(=O)c2c(C)[nH]c3cncnc23)c2cc(C)ccc2OCC2CC2)CC1. The van der Waals surface area contributed by atoms with E-state index in [1.54, 1.807) is 13.1 Å². The van der Waals surface area contributed by atoms with E-state index in [2.05, 4.69) is 26.3 Å². The number of aryl methyl sites for hydroxylation is 2. The Labute approximate surface area is 205 Å². The molecule has 1 aromatic carbocycles. The van der Waals surface area contributed by atoms with Crippen LogP contribution in [0.1, 0.15) is 67.1 Å². The third-order valence-electron chi connectivity index (χ3n) is 7.09. The lowest BCUT2D eigenvalue weighted by Gasteiger charge is -2.38. The molecule has 2 aliphatic rings. The number of H-pyrrole nitrogens is 1. The van der Waals surface area contributed by atoms with Crippen LogP contribution in [0.3, 0.4) is 0 Å². The van der Waals surface area contributed by atoms with Crippen LogP contribution >= 0.6 is 0 Å². The van der Waals surface area contributed by atoms with Gasteiger partial charge in [0.05, 0.1) is 29.6 Å². The van der Waals surface area contributed by atoms with E-state index in [0.717, 1.165) is 53.9 Å². The van der Waals surface area contributed by atoms with E-state index in [4.69, 9.17) is 4.74 Å². The number of carbonyl (C=O) groups excluding carboxylic acids is 2. The normalized spacial score (nSPS) is 20.0. The maximum atomic E-state index is 14.3. The minimum Gasteiger partial charge on any atom is -0.491 e. The molecule has 2 fully saturated rings. The lowest BCUT2D eigenvalue weighted by atomic mass is 9.89. The average molecular weight is 476 g/mol. The van der Waals surface area contributed by atoms with Crippen molar-refractivity contribution in [2.45, 2.75) is 71.4 Å². The molecule has 8 heteroatoms. The molecule has 0 radical (unpaired) electrons. The van der Waals surface area contributed by atoms with Gasteiger partial charge in [-0.15, -0.1) is 0 Å². The molecule has 2 N–H and O–H groups in total. The van der Waals surface area contributed by atoms with Crippen LogP contribution in [0.15, 0.2) is 30.7 Å². The topological polar surface area (TPSA) is 100 Å². The number of nitrogens with one attached hydrogen (secondary N) is 2. The quantitative estimate of drug-likeness (QED) is 0.526.